The van der Waals surface area contributed by atoms with E-state index in [1.165, 1.54) is 0 Å². The molecule has 5 aliphatic carbocycles. The summed E-state index contributed by atoms with van der Waals surface area (Å²) in [4.78, 5) is 26.5. The number of carbonyl (C=O) groups excluding carboxylic acids is 2. The number of fused-ring (bicyclic) bond motifs is 1. The van der Waals surface area contributed by atoms with Crippen LogP contribution in [0.2, 0.25) is 0 Å². The molecule has 2 saturated heterocycles. The van der Waals surface area contributed by atoms with Crippen LogP contribution in [0.5, 0.6) is 0 Å². The van der Waals surface area contributed by atoms with Crippen LogP contribution in [0.25, 0.3) is 0 Å². The number of ketones is 2. The zero-order chi connectivity index (χ0) is 24.8. The van der Waals surface area contributed by atoms with Gasteiger partial charge in [-0.15, -0.1) is 0 Å². The number of allylic oxidation sites excluding steroid dienone is 1. The van der Waals surface area contributed by atoms with E-state index in [-0.39, 0.29) is 43.3 Å². The smallest absolute Gasteiger partial charge is 0.234 e. The number of aliphatic hydroxyl groups excluding tert-OH is 4. The van der Waals surface area contributed by atoms with E-state index in [0.717, 1.165) is 6.42 Å². The van der Waals surface area contributed by atoms with Gasteiger partial charge >= 0.3 is 0 Å². The van der Waals surface area contributed by atoms with Gasteiger partial charge in [-0.3, -0.25) is 9.59 Å². The number of Topliss-reactive ketones (excluding diaryl/α,β-unsaturated/α-hetero) is 2. The van der Waals surface area contributed by atoms with Crippen molar-refractivity contribution in [2.45, 2.75) is 80.6 Å². The molecule has 4 bridgehead atoms. The molecule has 5 fully saturated rings. The van der Waals surface area contributed by atoms with E-state index in [9.17, 15) is 35.1 Å². The van der Waals surface area contributed by atoms with Crippen LogP contribution in [0, 0.1) is 35.5 Å². The van der Waals surface area contributed by atoms with Crippen molar-refractivity contribution < 1.29 is 49.3 Å². The Balaban J connectivity index is 1.34. The minimum atomic E-state index is -2.03. The summed E-state index contributed by atoms with van der Waals surface area (Å²) < 4.78 is 17.3. The Bertz CT molecular complexity index is 935. The van der Waals surface area contributed by atoms with Crippen LogP contribution in [0.3, 0.4) is 0 Å². The Morgan fingerprint density at radius 3 is 2.57 bits per heavy atom. The molecule has 3 saturated carbocycles. The van der Waals surface area contributed by atoms with Crippen molar-refractivity contribution in [3.8, 4) is 0 Å². The fourth-order valence-corrected chi connectivity index (χ4v) is 8.14. The molecule has 0 amide bonds. The molecule has 194 valence electrons. The van der Waals surface area contributed by atoms with Gasteiger partial charge in [0, 0.05) is 31.8 Å². The molecule has 2 heterocycles. The largest absolute Gasteiger partial charge is 0.393 e. The van der Waals surface area contributed by atoms with Crippen molar-refractivity contribution in [3.63, 3.8) is 0 Å². The van der Waals surface area contributed by atoms with E-state index < -0.39 is 71.7 Å². The maximum atomic E-state index is 13.4. The molecule has 10 heteroatoms. The molecular formula is C25H34O10. The average Bonchev–Trinajstić information content (AvgIpc) is 3.14. The molecule has 11 unspecified atom stereocenters. The molecule has 0 radical (unpaired) electrons. The van der Waals surface area contributed by atoms with Crippen LogP contribution >= 0.6 is 0 Å². The Labute approximate surface area is 202 Å². The monoisotopic (exact) mass is 494 g/mol. The third kappa shape index (κ3) is 3.38. The summed E-state index contributed by atoms with van der Waals surface area (Å²) in [7, 11) is 1.56. The highest BCUT2D eigenvalue weighted by molar-refractivity contribution is 5.94. The first kappa shape index (κ1) is 24.1. The van der Waals surface area contributed by atoms with Gasteiger partial charge in [0.25, 0.3) is 0 Å². The molecule has 2 aliphatic heterocycles. The summed E-state index contributed by atoms with van der Waals surface area (Å²) >= 11 is 0. The lowest BCUT2D eigenvalue weighted by molar-refractivity contribution is -0.216. The Hall–Kier alpha value is -1.24. The second-order valence-corrected chi connectivity index (χ2v) is 11.4. The molecule has 10 nitrogen and oxygen atoms in total. The SMILES string of the molecule is COC1CC([C@H]2C3C=C(C4OC5CC(O)CC(O)C5C(=O)[C@@H]4O)C4C2CO[C@@]4(O)C3=O)CCC1O. The quantitative estimate of drug-likeness (QED) is 0.298. The molecule has 0 aromatic rings. The standard InChI is InChI=1S/C25H34O10/c1-33-16-4-9(2-3-14(16)27)18-11-7-12(20-13(18)8-34-25(20,32)24(11)31)23-22(30)21(29)19-15(28)5-10(26)6-17(19)35-23/h7,9-11,13-20,22-23,26-28,30,32H,2-6,8H2,1H3/t9?,10?,11?,13?,14?,15?,16?,17?,18-,19?,20?,22-,23?,25+/m0/s1. The first-order valence-corrected chi connectivity index (χ1v) is 12.7. The maximum Gasteiger partial charge on any atom is 0.234 e. The number of ether oxygens (including phenoxy) is 3. The van der Waals surface area contributed by atoms with Crippen molar-refractivity contribution in [2.24, 2.45) is 35.5 Å². The van der Waals surface area contributed by atoms with Crippen LogP contribution in [0.1, 0.15) is 32.1 Å². The van der Waals surface area contributed by atoms with Gasteiger partial charge in [0.15, 0.2) is 11.6 Å². The first-order valence-electron chi connectivity index (χ1n) is 12.7. The summed E-state index contributed by atoms with van der Waals surface area (Å²) in [5.41, 5.74) is 0.490. The second-order valence-electron chi connectivity index (χ2n) is 11.4. The Kier molecular flexibility index (Phi) is 5.78. The van der Waals surface area contributed by atoms with E-state index in [1.807, 2.05) is 0 Å². The topological polar surface area (TPSA) is 163 Å². The lowest BCUT2D eigenvalue weighted by atomic mass is 9.52. The van der Waals surface area contributed by atoms with E-state index in [2.05, 4.69) is 0 Å². The lowest BCUT2D eigenvalue weighted by Crippen LogP contribution is -2.65. The molecule has 14 atom stereocenters. The molecule has 7 aliphatic rings. The van der Waals surface area contributed by atoms with Gasteiger partial charge < -0.3 is 39.7 Å². The van der Waals surface area contributed by atoms with Gasteiger partial charge in [-0.2, -0.15) is 0 Å². The fourth-order valence-electron chi connectivity index (χ4n) is 8.14. The minimum absolute atomic E-state index is 0.0471. The predicted molar refractivity (Wildman–Crippen MR) is 117 cm³/mol. The van der Waals surface area contributed by atoms with E-state index in [1.54, 1.807) is 13.2 Å². The lowest BCUT2D eigenvalue weighted by Gasteiger charge is -2.54. The van der Waals surface area contributed by atoms with Gasteiger partial charge in [0.2, 0.25) is 5.79 Å². The minimum Gasteiger partial charge on any atom is -0.393 e. The predicted octanol–water partition coefficient (Wildman–Crippen LogP) is -1.30. The van der Waals surface area contributed by atoms with Gasteiger partial charge in [0.05, 0.1) is 43.0 Å². The van der Waals surface area contributed by atoms with Crippen molar-refractivity contribution in [1.82, 2.24) is 0 Å². The summed E-state index contributed by atoms with van der Waals surface area (Å²) in [6.45, 7) is 0.169. The van der Waals surface area contributed by atoms with Gasteiger partial charge in [0.1, 0.15) is 12.2 Å². The number of hydrogen-bond donors (Lipinski definition) is 5. The number of methoxy groups -OCH3 is 1. The highest BCUT2D eigenvalue weighted by Gasteiger charge is 2.70. The van der Waals surface area contributed by atoms with Crippen molar-refractivity contribution in [3.05, 3.63) is 11.6 Å². The van der Waals surface area contributed by atoms with Gasteiger partial charge in [-0.1, -0.05) is 6.08 Å². The second kappa shape index (κ2) is 8.39. The van der Waals surface area contributed by atoms with Crippen LogP contribution in [-0.2, 0) is 23.8 Å². The van der Waals surface area contributed by atoms with E-state index in [4.69, 9.17) is 14.2 Å². The van der Waals surface area contributed by atoms with Gasteiger partial charge in [-0.05, 0) is 42.6 Å². The molecule has 35 heavy (non-hydrogen) atoms. The van der Waals surface area contributed by atoms with E-state index in [0.29, 0.717) is 18.4 Å². The zero-order valence-corrected chi connectivity index (χ0v) is 19.6. The fraction of sp³-hybridized carbons (Fsp3) is 0.840. The van der Waals surface area contributed by atoms with Gasteiger partial charge in [-0.25, -0.2) is 0 Å². The molecule has 0 spiro atoms. The Morgan fingerprint density at radius 2 is 1.83 bits per heavy atom. The third-order valence-electron chi connectivity index (χ3n) is 9.68. The average molecular weight is 495 g/mol. The first-order chi connectivity index (χ1) is 16.7. The normalized spacial score (nSPS) is 55.6. The summed E-state index contributed by atoms with van der Waals surface area (Å²) in [5.74, 6) is -5.59. The number of aliphatic hydroxyl groups is 5. The number of rotatable bonds is 3. The number of hydrogen-bond acceptors (Lipinski definition) is 10. The molecule has 0 aromatic heterocycles. The maximum absolute atomic E-state index is 13.4. The molecular weight excluding hydrogens is 460 g/mol. The molecule has 0 aromatic carbocycles. The van der Waals surface area contributed by atoms with Crippen molar-refractivity contribution in [1.29, 1.82) is 0 Å². The highest BCUT2D eigenvalue weighted by Crippen LogP contribution is 2.60. The summed E-state index contributed by atoms with van der Waals surface area (Å²) in [5, 5.41) is 53.0. The van der Waals surface area contributed by atoms with Crippen molar-refractivity contribution in [2.75, 3.05) is 13.7 Å². The summed E-state index contributed by atoms with van der Waals surface area (Å²) in [6, 6.07) is 0. The van der Waals surface area contributed by atoms with Crippen LogP contribution in [0.15, 0.2) is 11.6 Å². The molecule has 5 N–H and O–H groups in total. The van der Waals surface area contributed by atoms with Crippen LogP contribution in [-0.4, -0.2) is 99.3 Å². The van der Waals surface area contributed by atoms with Crippen LogP contribution in [0.4, 0.5) is 0 Å². The Morgan fingerprint density at radius 1 is 1.06 bits per heavy atom. The van der Waals surface area contributed by atoms with Crippen LogP contribution < -0.4 is 0 Å². The van der Waals surface area contributed by atoms with Crippen molar-refractivity contribution >= 4 is 11.6 Å². The molecule has 7 rings (SSSR count). The highest BCUT2D eigenvalue weighted by atomic mass is 16.6. The summed E-state index contributed by atoms with van der Waals surface area (Å²) in [6.07, 6.45) is -2.37. The zero-order valence-electron chi connectivity index (χ0n) is 19.6. The van der Waals surface area contributed by atoms with E-state index >= 15 is 0 Å². The number of carbonyl (C=O) groups is 2. The third-order valence-corrected chi connectivity index (χ3v) is 9.68.